The quantitative estimate of drug-likeness (QED) is 0.884. The molecule has 132 valence electrons. The van der Waals surface area contributed by atoms with Crippen LogP contribution in [-0.2, 0) is 4.74 Å². The maximum Gasteiger partial charge on any atom is 0.127 e. The fourth-order valence-corrected chi connectivity index (χ4v) is 3.64. The van der Waals surface area contributed by atoms with E-state index < -0.39 is 0 Å². The molecule has 0 spiro atoms. The Bertz CT molecular complexity index is 660. The zero-order chi connectivity index (χ0) is 17.1. The molecular weight excluding hydrogens is 300 g/mol. The molecule has 1 saturated heterocycles. The molecule has 2 heterocycles. The molecule has 1 N–H and O–H groups in total. The highest BCUT2D eigenvalue weighted by Gasteiger charge is 2.21. The van der Waals surface area contributed by atoms with E-state index in [2.05, 4.69) is 66.7 Å². The summed E-state index contributed by atoms with van der Waals surface area (Å²) in [7, 11) is 0. The first-order valence-electron chi connectivity index (χ1n) is 9.09. The van der Waals surface area contributed by atoms with Gasteiger partial charge in [-0.1, -0.05) is 12.1 Å². The van der Waals surface area contributed by atoms with Gasteiger partial charge in [-0.2, -0.15) is 0 Å². The molecule has 5 nitrogen and oxygen atoms in total. The van der Waals surface area contributed by atoms with E-state index in [4.69, 9.17) is 9.72 Å². The Hall–Kier alpha value is -1.43. The number of morpholine rings is 1. The van der Waals surface area contributed by atoms with E-state index in [0.29, 0.717) is 12.1 Å². The van der Waals surface area contributed by atoms with Gasteiger partial charge in [0.1, 0.15) is 5.82 Å². The average molecular weight is 330 g/mol. The number of imidazole rings is 1. The second kappa shape index (κ2) is 7.64. The molecular formula is C19H30N4O. The van der Waals surface area contributed by atoms with Gasteiger partial charge in [0.2, 0.25) is 0 Å². The van der Waals surface area contributed by atoms with Gasteiger partial charge >= 0.3 is 0 Å². The van der Waals surface area contributed by atoms with Gasteiger partial charge in [0.15, 0.2) is 0 Å². The van der Waals surface area contributed by atoms with Crippen molar-refractivity contribution in [3.05, 3.63) is 30.1 Å². The Labute approximate surface area is 145 Å². The number of fused-ring (bicyclic) bond motifs is 1. The Morgan fingerprint density at radius 3 is 2.54 bits per heavy atom. The maximum absolute atomic E-state index is 5.43. The number of benzene rings is 1. The van der Waals surface area contributed by atoms with Crippen molar-refractivity contribution >= 4 is 11.0 Å². The van der Waals surface area contributed by atoms with Crippen molar-refractivity contribution in [1.29, 1.82) is 0 Å². The van der Waals surface area contributed by atoms with Crippen LogP contribution >= 0.6 is 0 Å². The van der Waals surface area contributed by atoms with Gasteiger partial charge in [0.05, 0.1) is 30.3 Å². The molecule has 2 atom stereocenters. The third-order valence-electron chi connectivity index (χ3n) is 4.70. The molecule has 1 aliphatic rings. The standard InChI is InChI=1S/C19H30N4O/c1-14(2)23-18-8-6-5-7-17(18)21-19(23)16(4)20-15(3)13-22-9-11-24-12-10-22/h5-8,14-16,20H,9-13H2,1-4H3. The Morgan fingerprint density at radius 1 is 1.12 bits per heavy atom. The molecule has 0 aliphatic carbocycles. The summed E-state index contributed by atoms with van der Waals surface area (Å²) in [4.78, 5) is 7.37. The van der Waals surface area contributed by atoms with Crippen LogP contribution in [0.4, 0.5) is 0 Å². The number of nitrogens with one attached hydrogen (secondary N) is 1. The first-order chi connectivity index (χ1) is 11.6. The zero-order valence-electron chi connectivity index (χ0n) is 15.3. The van der Waals surface area contributed by atoms with Crippen molar-refractivity contribution in [3.8, 4) is 0 Å². The van der Waals surface area contributed by atoms with E-state index in [1.54, 1.807) is 0 Å². The first-order valence-corrected chi connectivity index (χ1v) is 9.09. The predicted molar refractivity (Wildman–Crippen MR) is 98.4 cm³/mol. The van der Waals surface area contributed by atoms with Crippen LogP contribution in [0.5, 0.6) is 0 Å². The highest BCUT2D eigenvalue weighted by molar-refractivity contribution is 5.76. The number of aromatic nitrogens is 2. The molecule has 24 heavy (non-hydrogen) atoms. The number of hydrogen-bond acceptors (Lipinski definition) is 4. The van der Waals surface area contributed by atoms with Gasteiger partial charge in [-0.15, -0.1) is 0 Å². The maximum atomic E-state index is 5.43. The lowest BCUT2D eigenvalue weighted by molar-refractivity contribution is 0.0338. The summed E-state index contributed by atoms with van der Waals surface area (Å²) in [5.74, 6) is 1.13. The van der Waals surface area contributed by atoms with Crippen LogP contribution in [0.25, 0.3) is 11.0 Å². The lowest BCUT2D eigenvalue weighted by Crippen LogP contribution is -2.45. The smallest absolute Gasteiger partial charge is 0.127 e. The van der Waals surface area contributed by atoms with Gasteiger partial charge in [-0.3, -0.25) is 4.90 Å². The van der Waals surface area contributed by atoms with Crippen molar-refractivity contribution in [2.45, 2.75) is 45.8 Å². The van der Waals surface area contributed by atoms with Crippen LogP contribution in [-0.4, -0.2) is 53.3 Å². The number of ether oxygens (including phenoxy) is 1. The monoisotopic (exact) mass is 330 g/mol. The van der Waals surface area contributed by atoms with E-state index in [0.717, 1.165) is 44.2 Å². The molecule has 1 aromatic heterocycles. The van der Waals surface area contributed by atoms with Crippen LogP contribution in [0.3, 0.4) is 0 Å². The first kappa shape index (κ1) is 17.4. The SMILES string of the molecule is CC(CN1CCOCC1)NC(C)c1nc2ccccc2n1C(C)C. The van der Waals surface area contributed by atoms with Gasteiger partial charge in [-0.25, -0.2) is 4.98 Å². The summed E-state index contributed by atoms with van der Waals surface area (Å²) in [6.07, 6.45) is 0. The van der Waals surface area contributed by atoms with Crippen LogP contribution in [0.15, 0.2) is 24.3 Å². The summed E-state index contributed by atoms with van der Waals surface area (Å²) in [5, 5.41) is 3.73. The predicted octanol–water partition coefficient (Wildman–Crippen LogP) is 2.99. The topological polar surface area (TPSA) is 42.3 Å². The summed E-state index contributed by atoms with van der Waals surface area (Å²) in [6, 6.07) is 9.44. The van der Waals surface area contributed by atoms with E-state index >= 15 is 0 Å². The van der Waals surface area contributed by atoms with Crippen LogP contribution in [0.2, 0.25) is 0 Å². The lowest BCUT2D eigenvalue weighted by Gasteiger charge is -2.30. The molecule has 0 bridgehead atoms. The van der Waals surface area contributed by atoms with Crippen molar-refractivity contribution in [1.82, 2.24) is 19.8 Å². The van der Waals surface area contributed by atoms with Gasteiger partial charge in [0, 0.05) is 31.7 Å². The fraction of sp³-hybridized carbons (Fsp3) is 0.632. The molecule has 5 heteroatoms. The highest BCUT2D eigenvalue weighted by Crippen LogP contribution is 2.25. The van der Waals surface area contributed by atoms with Gasteiger partial charge in [0.25, 0.3) is 0 Å². The van der Waals surface area contributed by atoms with Crippen molar-refractivity contribution < 1.29 is 4.74 Å². The van der Waals surface area contributed by atoms with Crippen LogP contribution in [0.1, 0.15) is 45.6 Å². The van der Waals surface area contributed by atoms with Gasteiger partial charge < -0.3 is 14.6 Å². The molecule has 0 amide bonds. The van der Waals surface area contributed by atoms with E-state index in [9.17, 15) is 0 Å². The summed E-state index contributed by atoms with van der Waals surface area (Å²) < 4.78 is 7.79. The Balaban J connectivity index is 1.73. The minimum absolute atomic E-state index is 0.218. The summed E-state index contributed by atoms with van der Waals surface area (Å²) >= 11 is 0. The van der Waals surface area contributed by atoms with Crippen LogP contribution in [0, 0.1) is 0 Å². The fourth-order valence-electron chi connectivity index (χ4n) is 3.64. The van der Waals surface area contributed by atoms with E-state index in [1.807, 2.05) is 0 Å². The average Bonchev–Trinajstić information content (AvgIpc) is 2.95. The molecule has 0 radical (unpaired) electrons. The summed E-state index contributed by atoms with van der Waals surface area (Å²) in [6.45, 7) is 13.7. The lowest BCUT2D eigenvalue weighted by atomic mass is 10.2. The largest absolute Gasteiger partial charge is 0.379 e. The second-order valence-corrected chi connectivity index (χ2v) is 7.12. The molecule has 2 aromatic rings. The summed E-state index contributed by atoms with van der Waals surface area (Å²) in [5.41, 5.74) is 2.30. The molecule has 3 rings (SSSR count). The normalized spacial score (nSPS) is 19.0. The molecule has 0 saturated carbocycles. The third kappa shape index (κ3) is 3.79. The zero-order valence-corrected chi connectivity index (χ0v) is 15.3. The molecule has 1 aromatic carbocycles. The Morgan fingerprint density at radius 2 is 1.83 bits per heavy atom. The van der Waals surface area contributed by atoms with Crippen molar-refractivity contribution in [2.24, 2.45) is 0 Å². The van der Waals surface area contributed by atoms with Crippen LogP contribution < -0.4 is 5.32 Å². The number of para-hydroxylation sites is 2. The molecule has 2 unspecified atom stereocenters. The van der Waals surface area contributed by atoms with E-state index in [-0.39, 0.29) is 6.04 Å². The van der Waals surface area contributed by atoms with Crippen molar-refractivity contribution in [3.63, 3.8) is 0 Å². The van der Waals surface area contributed by atoms with Gasteiger partial charge in [-0.05, 0) is 39.8 Å². The molecule has 1 fully saturated rings. The Kier molecular flexibility index (Phi) is 5.54. The minimum atomic E-state index is 0.218. The number of nitrogens with zero attached hydrogens (tertiary/aromatic N) is 3. The third-order valence-corrected chi connectivity index (χ3v) is 4.70. The van der Waals surface area contributed by atoms with E-state index in [1.165, 1.54) is 5.52 Å². The van der Waals surface area contributed by atoms with Crippen molar-refractivity contribution in [2.75, 3.05) is 32.8 Å². The minimum Gasteiger partial charge on any atom is -0.379 e. The molecule has 1 aliphatic heterocycles. The number of rotatable bonds is 6. The highest BCUT2D eigenvalue weighted by atomic mass is 16.5. The second-order valence-electron chi connectivity index (χ2n) is 7.12. The number of hydrogen-bond donors (Lipinski definition) is 1.